The highest BCUT2D eigenvalue weighted by molar-refractivity contribution is 4.62. The average Bonchev–Trinajstić information content (AvgIpc) is 2.27. The molecule has 0 amide bonds. The van der Waals surface area contributed by atoms with Crippen molar-refractivity contribution in [2.45, 2.75) is 32.2 Å². The van der Waals surface area contributed by atoms with Crippen molar-refractivity contribution in [1.82, 2.24) is 5.32 Å². The molecule has 0 bridgehead atoms. The number of nitrogens with one attached hydrogen (secondary N) is 1. The fourth-order valence-electron chi connectivity index (χ4n) is 1.10. The quantitative estimate of drug-likeness (QED) is 0.342. The first kappa shape index (κ1) is 16.8. The minimum Gasteiger partial charge on any atom is -0.394 e. The van der Waals surface area contributed by atoms with Gasteiger partial charge in [-0.1, -0.05) is 0 Å². The highest BCUT2D eigenvalue weighted by atomic mass is 16.5. The first-order valence-electron chi connectivity index (χ1n) is 5.93. The van der Waals surface area contributed by atoms with Crippen LogP contribution < -0.4 is 5.32 Å². The predicted octanol–water partition coefficient (Wildman–Crippen LogP) is -1.27. The van der Waals surface area contributed by atoms with Gasteiger partial charge >= 0.3 is 0 Å². The van der Waals surface area contributed by atoms with Crippen molar-refractivity contribution in [2.24, 2.45) is 0 Å². The van der Waals surface area contributed by atoms with Crippen LogP contribution in [0, 0.1) is 0 Å². The molecule has 6 heteroatoms. The van der Waals surface area contributed by atoms with E-state index in [1.807, 2.05) is 13.8 Å². The number of hydrogen-bond acceptors (Lipinski definition) is 6. The van der Waals surface area contributed by atoms with Crippen molar-refractivity contribution < 1.29 is 24.8 Å². The Hall–Kier alpha value is -0.240. The van der Waals surface area contributed by atoms with E-state index >= 15 is 0 Å². The summed E-state index contributed by atoms with van der Waals surface area (Å²) in [5.74, 6) is 0. The Morgan fingerprint density at radius 3 is 2.29 bits per heavy atom. The van der Waals surface area contributed by atoms with E-state index in [9.17, 15) is 5.11 Å². The molecule has 6 nitrogen and oxygen atoms in total. The predicted molar refractivity (Wildman–Crippen MR) is 63.9 cm³/mol. The van der Waals surface area contributed by atoms with Crippen LogP contribution in [0.4, 0.5) is 0 Å². The highest BCUT2D eigenvalue weighted by Gasteiger charge is 2.06. The highest BCUT2D eigenvalue weighted by Crippen LogP contribution is 1.89. The summed E-state index contributed by atoms with van der Waals surface area (Å²) in [5.41, 5.74) is 0. The standard InChI is InChI=1S/C11H25NO5/c1-9(2)17-4-3-16-8-11(15)6-12-5-10(14)7-13/h9-15H,3-8H2,1-2H3. The Bertz CT molecular complexity index is 168. The second-order valence-electron chi connectivity index (χ2n) is 4.14. The molecule has 0 saturated carbocycles. The largest absolute Gasteiger partial charge is 0.394 e. The molecule has 17 heavy (non-hydrogen) atoms. The number of hydrogen-bond donors (Lipinski definition) is 4. The van der Waals surface area contributed by atoms with E-state index in [4.69, 9.17) is 19.7 Å². The molecule has 2 unspecified atom stereocenters. The zero-order chi connectivity index (χ0) is 13.1. The molecule has 0 aliphatic rings. The maximum Gasteiger partial charge on any atom is 0.0897 e. The number of rotatable bonds is 11. The molecule has 0 fully saturated rings. The fourth-order valence-corrected chi connectivity index (χ4v) is 1.10. The Kier molecular flexibility index (Phi) is 10.7. The molecule has 0 aliphatic heterocycles. The Balaban J connectivity index is 3.26. The summed E-state index contributed by atoms with van der Waals surface area (Å²) in [5, 5.41) is 29.9. The van der Waals surface area contributed by atoms with Crippen molar-refractivity contribution in [1.29, 1.82) is 0 Å². The molecule has 0 aromatic heterocycles. The van der Waals surface area contributed by atoms with Crippen molar-refractivity contribution in [3.63, 3.8) is 0 Å². The Morgan fingerprint density at radius 2 is 1.71 bits per heavy atom. The summed E-state index contributed by atoms with van der Waals surface area (Å²) < 4.78 is 10.5. The van der Waals surface area contributed by atoms with Crippen LogP contribution in [0.5, 0.6) is 0 Å². The van der Waals surface area contributed by atoms with Crippen LogP contribution in [0.25, 0.3) is 0 Å². The van der Waals surface area contributed by atoms with Gasteiger partial charge in [0.05, 0.1) is 44.7 Å². The summed E-state index contributed by atoms with van der Waals surface area (Å²) in [7, 11) is 0. The smallest absolute Gasteiger partial charge is 0.0897 e. The summed E-state index contributed by atoms with van der Waals surface area (Å²) in [6, 6.07) is 0. The minimum absolute atomic E-state index is 0.185. The van der Waals surface area contributed by atoms with Crippen LogP contribution in [0.3, 0.4) is 0 Å². The SMILES string of the molecule is CC(C)OCCOCC(O)CNCC(O)CO. The van der Waals surface area contributed by atoms with Gasteiger partial charge in [-0.25, -0.2) is 0 Å². The first-order valence-corrected chi connectivity index (χ1v) is 5.93. The number of ether oxygens (including phenoxy) is 2. The molecule has 0 spiro atoms. The van der Waals surface area contributed by atoms with Crippen LogP contribution in [0.1, 0.15) is 13.8 Å². The van der Waals surface area contributed by atoms with Gasteiger partial charge in [0.2, 0.25) is 0 Å². The molecule has 2 atom stereocenters. The number of aliphatic hydroxyl groups is 3. The summed E-state index contributed by atoms with van der Waals surface area (Å²) >= 11 is 0. The van der Waals surface area contributed by atoms with Crippen molar-refractivity contribution in [2.75, 3.05) is 39.5 Å². The lowest BCUT2D eigenvalue weighted by atomic mass is 10.3. The second-order valence-corrected chi connectivity index (χ2v) is 4.14. The minimum atomic E-state index is -0.789. The molecule has 0 rings (SSSR count). The van der Waals surface area contributed by atoms with Gasteiger partial charge in [0, 0.05) is 13.1 Å². The molecule has 0 aromatic carbocycles. The Morgan fingerprint density at radius 1 is 1.06 bits per heavy atom. The lowest BCUT2D eigenvalue weighted by Crippen LogP contribution is -2.36. The van der Waals surface area contributed by atoms with Gasteiger partial charge in [0.15, 0.2) is 0 Å². The van der Waals surface area contributed by atoms with E-state index in [1.54, 1.807) is 0 Å². The van der Waals surface area contributed by atoms with E-state index in [2.05, 4.69) is 5.32 Å². The van der Waals surface area contributed by atoms with Crippen LogP contribution >= 0.6 is 0 Å². The van der Waals surface area contributed by atoms with E-state index < -0.39 is 12.2 Å². The van der Waals surface area contributed by atoms with E-state index in [0.29, 0.717) is 19.8 Å². The first-order chi connectivity index (χ1) is 8.06. The lowest BCUT2D eigenvalue weighted by molar-refractivity contribution is -0.0108. The molecule has 0 saturated heterocycles. The van der Waals surface area contributed by atoms with E-state index in [-0.39, 0.29) is 25.9 Å². The molecule has 104 valence electrons. The summed E-state index contributed by atoms with van der Waals surface area (Å²) in [4.78, 5) is 0. The third-order valence-electron chi connectivity index (χ3n) is 1.96. The molecule has 4 N–H and O–H groups in total. The van der Waals surface area contributed by atoms with E-state index in [0.717, 1.165) is 0 Å². The number of aliphatic hydroxyl groups excluding tert-OH is 3. The maximum atomic E-state index is 9.47. The zero-order valence-corrected chi connectivity index (χ0v) is 10.6. The topological polar surface area (TPSA) is 91.2 Å². The normalized spacial score (nSPS) is 15.2. The Labute approximate surface area is 103 Å². The second kappa shape index (κ2) is 10.9. The van der Waals surface area contributed by atoms with E-state index in [1.165, 1.54) is 0 Å². The lowest BCUT2D eigenvalue weighted by Gasteiger charge is -2.14. The van der Waals surface area contributed by atoms with Crippen LogP contribution in [0.15, 0.2) is 0 Å². The molecular formula is C11H25NO5. The van der Waals surface area contributed by atoms with Crippen LogP contribution in [-0.4, -0.2) is 73.1 Å². The van der Waals surface area contributed by atoms with Gasteiger partial charge in [-0.05, 0) is 13.8 Å². The summed E-state index contributed by atoms with van der Waals surface area (Å²) in [6.07, 6.45) is -1.23. The van der Waals surface area contributed by atoms with Gasteiger partial charge in [0.25, 0.3) is 0 Å². The molecule has 0 radical (unpaired) electrons. The molecule has 0 aromatic rings. The monoisotopic (exact) mass is 251 g/mol. The summed E-state index contributed by atoms with van der Waals surface area (Å²) in [6.45, 7) is 5.38. The van der Waals surface area contributed by atoms with Gasteiger partial charge in [-0.2, -0.15) is 0 Å². The van der Waals surface area contributed by atoms with Crippen LogP contribution in [0.2, 0.25) is 0 Å². The maximum absolute atomic E-state index is 9.47. The van der Waals surface area contributed by atoms with Gasteiger partial charge in [0.1, 0.15) is 0 Å². The third-order valence-corrected chi connectivity index (χ3v) is 1.96. The van der Waals surface area contributed by atoms with Crippen molar-refractivity contribution in [3.05, 3.63) is 0 Å². The van der Waals surface area contributed by atoms with Gasteiger partial charge in [-0.3, -0.25) is 0 Å². The third kappa shape index (κ3) is 12.0. The van der Waals surface area contributed by atoms with Gasteiger partial charge < -0.3 is 30.1 Å². The van der Waals surface area contributed by atoms with Crippen molar-refractivity contribution in [3.8, 4) is 0 Å². The fraction of sp³-hybridized carbons (Fsp3) is 1.00. The molecular weight excluding hydrogens is 226 g/mol. The van der Waals surface area contributed by atoms with Crippen molar-refractivity contribution >= 4 is 0 Å². The zero-order valence-electron chi connectivity index (χ0n) is 10.6. The molecule has 0 heterocycles. The van der Waals surface area contributed by atoms with Crippen LogP contribution in [-0.2, 0) is 9.47 Å². The van der Waals surface area contributed by atoms with Gasteiger partial charge in [-0.15, -0.1) is 0 Å². The average molecular weight is 251 g/mol. The molecule has 0 aliphatic carbocycles.